The van der Waals surface area contributed by atoms with Crippen LogP contribution in [0, 0.1) is 18.8 Å². The normalized spacial score (nSPS) is 12.0. The molecule has 0 unspecified atom stereocenters. The van der Waals surface area contributed by atoms with Crippen LogP contribution in [0.15, 0.2) is 40.8 Å². The minimum absolute atomic E-state index is 0.677. The van der Waals surface area contributed by atoms with Crippen molar-refractivity contribution in [2.75, 3.05) is 7.05 Å². The fourth-order valence-corrected chi connectivity index (χ4v) is 1.77. The first-order valence-corrected chi connectivity index (χ1v) is 6.53. The van der Waals surface area contributed by atoms with Crippen LogP contribution in [-0.2, 0) is 0 Å². The number of hydrogen-bond acceptors (Lipinski definition) is 4. The summed E-state index contributed by atoms with van der Waals surface area (Å²) in [5.74, 6) is 6.88. The van der Waals surface area contributed by atoms with Crippen molar-refractivity contribution in [2.45, 2.75) is 13.8 Å². The zero-order valence-electron chi connectivity index (χ0n) is 12.4. The molecule has 0 saturated heterocycles. The molecular weight excluding hydrogens is 262 g/mol. The summed E-state index contributed by atoms with van der Waals surface area (Å²) in [6.45, 7) is 7.39. The number of nitrogens with zero attached hydrogens (tertiary/aromatic N) is 3. The maximum atomic E-state index is 4.28. The van der Waals surface area contributed by atoms with Crippen LogP contribution >= 0.6 is 0 Å². The van der Waals surface area contributed by atoms with E-state index in [1.807, 2.05) is 32.1 Å². The second kappa shape index (κ2) is 6.53. The highest BCUT2D eigenvalue weighted by Crippen LogP contribution is 2.13. The number of aliphatic imine (C=N–C) groups is 1. The molecule has 2 N–H and O–H groups in total. The summed E-state index contributed by atoms with van der Waals surface area (Å²) < 4.78 is 0. The van der Waals surface area contributed by atoms with Gasteiger partial charge in [-0.15, -0.1) is 0 Å². The summed E-state index contributed by atoms with van der Waals surface area (Å²) in [5.41, 5.74) is 3.39. The van der Waals surface area contributed by atoms with Crippen LogP contribution < -0.4 is 5.32 Å². The van der Waals surface area contributed by atoms with Crippen LogP contribution in [0.5, 0.6) is 0 Å². The van der Waals surface area contributed by atoms with E-state index in [4.69, 9.17) is 0 Å². The standard InChI is InChI=1S/C16H17N5/c1-5-12(9-15(17-3)18-4)6-7-13-8-14-11(2)20-21-16(14)19-10-13/h5,8-10,18H,3H2,1-2,4H3,(H,19,20,21)/b12-5-,15-9+. The lowest BCUT2D eigenvalue weighted by Gasteiger charge is -1.98. The largest absolute Gasteiger partial charge is 0.373 e. The van der Waals surface area contributed by atoms with Gasteiger partial charge in [-0.2, -0.15) is 5.10 Å². The Labute approximate surface area is 123 Å². The summed E-state index contributed by atoms with van der Waals surface area (Å²) in [7, 11) is 1.79. The van der Waals surface area contributed by atoms with Crippen LogP contribution in [-0.4, -0.2) is 28.9 Å². The number of aryl methyl sites for hydroxylation is 1. The number of pyridine rings is 1. The van der Waals surface area contributed by atoms with Gasteiger partial charge in [0.15, 0.2) is 5.65 Å². The molecule has 0 atom stereocenters. The minimum Gasteiger partial charge on any atom is -0.373 e. The van der Waals surface area contributed by atoms with Crippen molar-refractivity contribution < 1.29 is 0 Å². The highest BCUT2D eigenvalue weighted by Gasteiger charge is 2.02. The van der Waals surface area contributed by atoms with Gasteiger partial charge < -0.3 is 5.32 Å². The number of nitrogens with one attached hydrogen (secondary N) is 2. The molecular formula is C16H17N5. The summed E-state index contributed by atoms with van der Waals surface area (Å²) in [5, 5.41) is 10.9. The number of fused-ring (bicyclic) bond motifs is 1. The SMILES string of the molecule is C=N/C(=C\C(C#Cc1cnc2n[nH]c(C)c2c1)=C/C)NC. The Kier molecular flexibility index (Phi) is 4.52. The quantitative estimate of drug-likeness (QED) is 0.515. The Hall–Kier alpha value is -2.87. The molecule has 0 spiro atoms. The van der Waals surface area contributed by atoms with Crippen LogP contribution in [0.3, 0.4) is 0 Å². The van der Waals surface area contributed by atoms with Crippen LogP contribution in [0.2, 0.25) is 0 Å². The van der Waals surface area contributed by atoms with E-state index in [9.17, 15) is 0 Å². The predicted molar refractivity (Wildman–Crippen MR) is 86.0 cm³/mol. The first-order valence-electron chi connectivity index (χ1n) is 6.53. The summed E-state index contributed by atoms with van der Waals surface area (Å²) in [6, 6.07) is 1.98. The smallest absolute Gasteiger partial charge is 0.181 e. The monoisotopic (exact) mass is 279 g/mol. The molecule has 21 heavy (non-hydrogen) atoms. The van der Waals surface area contributed by atoms with Gasteiger partial charge in [-0.25, -0.2) is 9.98 Å². The van der Waals surface area contributed by atoms with E-state index >= 15 is 0 Å². The Morgan fingerprint density at radius 3 is 3.00 bits per heavy atom. The molecule has 2 heterocycles. The van der Waals surface area contributed by atoms with Gasteiger partial charge in [-0.3, -0.25) is 5.10 Å². The average Bonchev–Trinajstić information content (AvgIpc) is 2.89. The maximum Gasteiger partial charge on any atom is 0.181 e. The first-order chi connectivity index (χ1) is 10.2. The lowest BCUT2D eigenvalue weighted by atomic mass is 10.2. The minimum atomic E-state index is 0.677. The van der Waals surface area contributed by atoms with Gasteiger partial charge in [0, 0.05) is 35.5 Å². The third kappa shape index (κ3) is 3.37. The molecule has 0 fully saturated rings. The van der Waals surface area contributed by atoms with Gasteiger partial charge in [0.1, 0.15) is 5.82 Å². The van der Waals surface area contributed by atoms with Crippen molar-refractivity contribution in [1.29, 1.82) is 0 Å². The van der Waals surface area contributed by atoms with Crippen LogP contribution in [0.1, 0.15) is 18.2 Å². The van der Waals surface area contributed by atoms with E-state index < -0.39 is 0 Å². The Morgan fingerprint density at radius 2 is 2.33 bits per heavy atom. The van der Waals surface area contributed by atoms with Gasteiger partial charge >= 0.3 is 0 Å². The van der Waals surface area contributed by atoms with Gasteiger partial charge in [-0.1, -0.05) is 17.9 Å². The molecule has 0 radical (unpaired) electrons. The Balaban J connectivity index is 2.33. The number of aromatic nitrogens is 3. The number of rotatable bonds is 3. The van der Waals surface area contributed by atoms with Gasteiger partial charge in [0.05, 0.1) is 0 Å². The fraction of sp³-hybridized carbons (Fsp3) is 0.188. The van der Waals surface area contributed by atoms with E-state index in [0.29, 0.717) is 11.5 Å². The van der Waals surface area contributed by atoms with Gasteiger partial charge in [0.2, 0.25) is 0 Å². The molecule has 0 aromatic carbocycles. The topological polar surface area (TPSA) is 66.0 Å². The molecule has 2 rings (SSSR count). The number of allylic oxidation sites excluding steroid dienone is 3. The van der Waals surface area contributed by atoms with Gasteiger partial charge in [-0.05, 0) is 32.7 Å². The molecule has 2 aromatic rings. The molecule has 0 saturated carbocycles. The summed E-state index contributed by atoms with van der Waals surface area (Å²) in [6.07, 6.45) is 5.48. The molecule has 0 aliphatic rings. The first kappa shape index (κ1) is 14.5. The molecule has 0 bridgehead atoms. The van der Waals surface area contributed by atoms with Crippen molar-refractivity contribution in [3.63, 3.8) is 0 Å². The van der Waals surface area contributed by atoms with Crippen LogP contribution in [0.25, 0.3) is 11.0 Å². The zero-order valence-corrected chi connectivity index (χ0v) is 12.4. The molecule has 0 aliphatic carbocycles. The highest BCUT2D eigenvalue weighted by atomic mass is 15.1. The fourth-order valence-electron chi connectivity index (χ4n) is 1.77. The number of hydrogen-bond donors (Lipinski definition) is 2. The molecule has 5 heteroatoms. The Morgan fingerprint density at radius 1 is 1.52 bits per heavy atom. The highest BCUT2D eigenvalue weighted by molar-refractivity contribution is 5.78. The van der Waals surface area contributed by atoms with E-state index in [1.165, 1.54) is 0 Å². The number of aromatic amines is 1. The second-order valence-electron chi connectivity index (χ2n) is 4.38. The molecule has 0 amide bonds. The molecule has 2 aromatic heterocycles. The lowest BCUT2D eigenvalue weighted by molar-refractivity contribution is 0.969. The van der Waals surface area contributed by atoms with Crippen molar-refractivity contribution in [3.05, 3.63) is 47.1 Å². The molecule has 5 nitrogen and oxygen atoms in total. The molecule has 0 aliphatic heterocycles. The van der Waals surface area contributed by atoms with E-state index in [2.05, 4.69) is 44.0 Å². The van der Waals surface area contributed by atoms with E-state index in [0.717, 1.165) is 22.2 Å². The van der Waals surface area contributed by atoms with Crippen molar-refractivity contribution >= 4 is 17.8 Å². The maximum absolute atomic E-state index is 4.28. The van der Waals surface area contributed by atoms with Crippen molar-refractivity contribution in [1.82, 2.24) is 20.5 Å². The van der Waals surface area contributed by atoms with Crippen molar-refractivity contribution in [2.24, 2.45) is 4.99 Å². The summed E-state index contributed by atoms with van der Waals surface area (Å²) in [4.78, 5) is 8.14. The summed E-state index contributed by atoms with van der Waals surface area (Å²) >= 11 is 0. The second-order valence-corrected chi connectivity index (χ2v) is 4.38. The zero-order chi connectivity index (χ0) is 15.2. The predicted octanol–water partition coefficient (Wildman–Crippen LogP) is 2.33. The average molecular weight is 279 g/mol. The van der Waals surface area contributed by atoms with Crippen molar-refractivity contribution in [3.8, 4) is 11.8 Å². The lowest BCUT2D eigenvalue weighted by Crippen LogP contribution is -2.02. The third-order valence-corrected chi connectivity index (χ3v) is 2.98. The number of H-pyrrole nitrogens is 1. The van der Waals surface area contributed by atoms with E-state index in [1.54, 1.807) is 13.2 Å². The third-order valence-electron chi connectivity index (χ3n) is 2.98. The van der Waals surface area contributed by atoms with Gasteiger partial charge in [0.25, 0.3) is 0 Å². The van der Waals surface area contributed by atoms with Crippen LogP contribution in [0.4, 0.5) is 0 Å². The Bertz CT molecular complexity index is 784. The molecule has 106 valence electrons. The van der Waals surface area contributed by atoms with E-state index in [-0.39, 0.29) is 0 Å².